The van der Waals surface area contributed by atoms with Crippen LogP contribution >= 0.6 is 0 Å². The molecule has 0 saturated heterocycles. The number of hydrogen-bond donors (Lipinski definition) is 0. The summed E-state index contributed by atoms with van der Waals surface area (Å²) >= 11 is 0. The number of benzene rings is 6. The molecule has 0 unspecified atom stereocenters. The average molecular weight is 501 g/mol. The van der Waals surface area contributed by atoms with Crippen LogP contribution in [0.25, 0.3) is 54.6 Å². The number of fused-ring (bicyclic) bond motifs is 3. The standard InChI is InChI=1S/C39H32/c1-3-5-13-28(12-4-2)26-29-20-22-31(23-21-29)38-34-16-8-10-18-36(34)39(37-19-11-9-17-35(37)38)33-25-24-30-14-6-7-15-32(30)27-33/h3-4,6-25,27H,1,5,26H2,2H3/b12-4-,28-13+. The normalized spacial score (nSPS) is 12.1. The van der Waals surface area contributed by atoms with Crippen molar-refractivity contribution in [2.24, 2.45) is 0 Å². The Kier molecular flexibility index (Phi) is 6.93. The molecule has 0 spiro atoms. The van der Waals surface area contributed by atoms with Gasteiger partial charge in [0.05, 0.1) is 0 Å². The summed E-state index contributed by atoms with van der Waals surface area (Å²) in [4.78, 5) is 0. The molecule has 39 heavy (non-hydrogen) atoms. The monoisotopic (exact) mass is 500 g/mol. The fourth-order valence-electron chi connectivity index (χ4n) is 5.77. The van der Waals surface area contributed by atoms with Gasteiger partial charge < -0.3 is 0 Å². The first-order valence-electron chi connectivity index (χ1n) is 13.7. The first-order chi connectivity index (χ1) is 19.3. The summed E-state index contributed by atoms with van der Waals surface area (Å²) in [5, 5.41) is 7.67. The molecule has 0 aliphatic heterocycles. The number of allylic oxidation sites excluding steroid dienone is 5. The highest BCUT2D eigenvalue weighted by molar-refractivity contribution is 6.21. The van der Waals surface area contributed by atoms with Crippen molar-refractivity contribution < 1.29 is 0 Å². The van der Waals surface area contributed by atoms with Crippen molar-refractivity contribution in [2.75, 3.05) is 0 Å². The van der Waals surface area contributed by atoms with Gasteiger partial charge in [-0.3, -0.25) is 0 Å². The molecule has 0 heterocycles. The molecule has 0 radical (unpaired) electrons. The molecule has 0 heteroatoms. The van der Waals surface area contributed by atoms with Gasteiger partial charge in [0.15, 0.2) is 0 Å². The fourth-order valence-corrected chi connectivity index (χ4v) is 5.77. The highest BCUT2D eigenvalue weighted by atomic mass is 14.2. The molecule has 6 rings (SSSR count). The van der Waals surface area contributed by atoms with E-state index in [4.69, 9.17) is 0 Å². The van der Waals surface area contributed by atoms with Gasteiger partial charge in [-0.15, -0.1) is 6.58 Å². The lowest BCUT2D eigenvalue weighted by atomic mass is 9.85. The maximum Gasteiger partial charge on any atom is -0.00262 e. The Balaban J connectivity index is 1.52. The Morgan fingerprint density at radius 1 is 0.615 bits per heavy atom. The third-order valence-corrected chi connectivity index (χ3v) is 7.55. The molecular formula is C39H32. The van der Waals surface area contributed by atoms with Gasteiger partial charge in [-0.25, -0.2) is 0 Å². The molecule has 0 nitrogen and oxygen atoms in total. The topological polar surface area (TPSA) is 0 Å². The lowest BCUT2D eigenvalue weighted by Gasteiger charge is -2.18. The van der Waals surface area contributed by atoms with Crippen LogP contribution in [-0.4, -0.2) is 0 Å². The molecule has 0 atom stereocenters. The molecule has 0 saturated carbocycles. The quantitative estimate of drug-likeness (QED) is 0.116. The van der Waals surface area contributed by atoms with E-state index in [0.29, 0.717) is 0 Å². The summed E-state index contributed by atoms with van der Waals surface area (Å²) < 4.78 is 0. The Morgan fingerprint density at radius 3 is 1.74 bits per heavy atom. The van der Waals surface area contributed by atoms with Gasteiger partial charge in [0, 0.05) is 0 Å². The zero-order chi connectivity index (χ0) is 26.6. The van der Waals surface area contributed by atoms with Crippen LogP contribution in [0.5, 0.6) is 0 Å². The van der Waals surface area contributed by atoms with Crippen molar-refractivity contribution in [3.8, 4) is 22.3 Å². The summed E-state index contributed by atoms with van der Waals surface area (Å²) in [7, 11) is 0. The van der Waals surface area contributed by atoms with Crippen LogP contribution in [0, 0.1) is 0 Å². The second-order valence-electron chi connectivity index (χ2n) is 10.1. The van der Waals surface area contributed by atoms with E-state index in [1.165, 1.54) is 65.7 Å². The third-order valence-electron chi connectivity index (χ3n) is 7.55. The predicted molar refractivity (Wildman–Crippen MR) is 171 cm³/mol. The Bertz CT molecular complexity index is 1810. The van der Waals surface area contributed by atoms with Gasteiger partial charge in [-0.05, 0) is 91.5 Å². The molecule has 0 aromatic heterocycles. The van der Waals surface area contributed by atoms with Gasteiger partial charge >= 0.3 is 0 Å². The minimum absolute atomic E-state index is 0.888. The summed E-state index contributed by atoms with van der Waals surface area (Å²) in [5.41, 5.74) is 7.74. The molecule has 6 aromatic rings. The van der Waals surface area contributed by atoms with Crippen LogP contribution in [0.2, 0.25) is 0 Å². The third kappa shape index (κ3) is 4.82. The van der Waals surface area contributed by atoms with Crippen LogP contribution in [0.15, 0.2) is 152 Å². The summed E-state index contributed by atoms with van der Waals surface area (Å²) in [5.74, 6) is 0. The van der Waals surface area contributed by atoms with Crippen molar-refractivity contribution in [1.29, 1.82) is 0 Å². The lowest BCUT2D eigenvalue weighted by molar-refractivity contribution is 1.17. The first-order valence-corrected chi connectivity index (χ1v) is 13.7. The SMILES string of the molecule is C=CC/C=C(\C=C/C)Cc1ccc(-c2c3ccccc3c(-c3ccc4ccccc4c3)c3ccccc23)cc1. The van der Waals surface area contributed by atoms with Gasteiger partial charge in [-0.1, -0.05) is 133 Å². The van der Waals surface area contributed by atoms with Crippen molar-refractivity contribution in [3.05, 3.63) is 157 Å². The van der Waals surface area contributed by atoms with Crippen molar-refractivity contribution in [1.82, 2.24) is 0 Å². The molecule has 0 aliphatic carbocycles. The van der Waals surface area contributed by atoms with E-state index < -0.39 is 0 Å². The van der Waals surface area contributed by atoms with E-state index in [-0.39, 0.29) is 0 Å². The average Bonchev–Trinajstić information content (AvgIpc) is 2.99. The van der Waals surface area contributed by atoms with Crippen LogP contribution in [0.3, 0.4) is 0 Å². The van der Waals surface area contributed by atoms with E-state index in [9.17, 15) is 0 Å². The fraction of sp³-hybridized carbons (Fsp3) is 0.0769. The molecule has 0 aliphatic rings. The maximum atomic E-state index is 3.86. The van der Waals surface area contributed by atoms with Crippen LogP contribution in [0.1, 0.15) is 18.9 Å². The Labute approximate surface area is 231 Å². The highest BCUT2D eigenvalue weighted by Gasteiger charge is 2.16. The van der Waals surface area contributed by atoms with Gasteiger partial charge in [0.25, 0.3) is 0 Å². The lowest BCUT2D eigenvalue weighted by Crippen LogP contribution is -1.92. The molecule has 0 bridgehead atoms. The van der Waals surface area contributed by atoms with Gasteiger partial charge in [-0.2, -0.15) is 0 Å². The second kappa shape index (κ2) is 11.0. The highest BCUT2D eigenvalue weighted by Crippen LogP contribution is 2.44. The zero-order valence-electron chi connectivity index (χ0n) is 22.4. The molecular weight excluding hydrogens is 468 g/mol. The molecule has 0 amide bonds. The van der Waals surface area contributed by atoms with E-state index in [1.54, 1.807) is 0 Å². The maximum absolute atomic E-state index is 3.86. The summed E-state index contributed by atoms with van der Waals surface area (Å²) in [6.45, 7) is 5.94. The number of rotatable bonds is 7. The zero-order valence-corrected chi connectivity index (χ0v) is 22.4. The van der Waals surface area contributed by atoms with Crippen molar-refractivity contribution >= 4 is 32.3 Å². The Hall–Kier alpha value is -4.68. The van der Waals surface area contributed by atoms with Crippen molar-refractivity contribution in [3.63, 3.8) is 0 Å². The second-order valence-corrected chi connectivity index (χ2v) is 10.1. The summed E-state index contributed by atoms with van der Waals surface area (Å²) in [6, 6.07) is 42.3. The van der Waals surface area contributed by atoms with Crippen LogP contribution in [0.4, 0.5) is 0 Å². The number of hydrogen-bond acceptors (Lipinski definition) is 0. The van der Waals surface area contributed by atoms with Gasteiger partial charge in [0.2, 0.25) is 0 Å². The minimum Gasteiger partial charge on any atom is -0.103 e. The first kappa shape index (κ1) is 24.6. The molecule has 6 aromatic carbocycles. The molecule has 0 fully saturated rings. The van der Waals surface area contributed by atoms with E-state index >= 15 is 0 Å². The van der Waals surface area contributed by atoms with E-state index in [0.717, 1.165) is 12.8 Å². The van der Waals surface area contributed by atoms with E-state index in [2.05, 4.69) is 147 Å². The van der Waals surface area contributed by atoms with Crippen molar-refractivity contribution in [2.45, 2.75) is 19.8 Å². The van der Waals surface area contributed by atoms with Crippen LogP contribution in [-0.2, 0) is 6.42 Å². The van der Waals surface area contributed by atoms with Crippen LogP contribution < -0.4 is 0 Å². The minimum atomic E-state index is 0.888. The predicted octanol–water partition coefficient (Wildman–Crippen LogP) is 11.1. The van der Waals surface area contributed by atoms with Gasteiger partial charge in [0.1, 0.15) is 0 Å². The molecule has 188 valence electrons. The molecule has 0 N–H and O–H groups in total. The largest absolute Gasteiger partial charge is 0.103 e. The Morgan fingerprint density at radius 2 is 1.15 bits per heavy atom. The van der Waals surface area contributed by atoms with E-state index in [1.807, 2.05) is 6.08 Å². The summed E-state index contributed by atoms with van der Waals surface area (Å²) in [6.07, 6.45) is 10.3. The smallest absolute Gasteiger partial charge is 0.00262 e.